The molecular formula is C16H24N2O. The third-order valence-electron chi connectivity index (χ3n) is 3.36. The molecule has 1 aromatic carbocycles. The number of nitrogens with one attached hydrogen (secondary N) is 1. The molecule has 1 aliphatic heterocycles. The zero-order valence-corrected chi connectivity index (χ0v) is 11.8. The average molecular weight is 260 g/mol. The molecule has 0 radical (unpaired) electrons. The van der Waals surface area contributed by atoms with Crippen LogP contribution in [0.15, 0.2) is 29.3 Å². The summed E-state index contributed by atoms with van der Waals surface area (Å²) in [7, 11) is 0. The van der Waals surface area contributed by atoms with E-state index in [4.69, 9.17) is 4.74 Å². The summed E-state index contributed by atoms with van der Waals surface area (Å²) in [5, 5.41) is 3.18. The molecule has 0 spiro atoms. The Balaban J connectivity index is 1.71. The fraction of sp³-hybridized carbons (Fsp3) is 0.562. The molecule has 104 valence electrons. The first-order valence-corrected chi connectivity index (χ1v) is 7.41. The number of unbranched alkanes of at least 4 members (excludes halogenated alkanes) is 4. The molecule has 2 rings (SSSR count). The van der Waals surface area contributed by atoms with Crippen molar-refractivity contribution in [2.75, 3.05) is 18.5 Å². The number of benzene rings is 1. The molecule has 1 heterocycles. The van der Waals surface area contributed by atoms with Crippen LogP contribution in [0, 0.1) is 0 Å². The van der Waals surface area contributed by atoms with Crippen LogP contribution < -0.4 is 5.32 Å². The van der Waals surface area contributed by atoms with Gasteiger partial charge in [-0.25, -0.2) is 4.99 Å². The van der Waals surface area contributed by atoms with Gasteiger partial charge in [-0.1, -0.05) is 44.7 Å². The number of amidine groups is 1. The highest BCUT2D eigenvalue weighted by Gasteiger charge is 2.06. The lowest BCUT2D eigenvalue weighted by Gasteiger charge is -2.07. The van der Waals surface area contributed by atoms with Crippen molar-refractivity contribution in [1.29, 1.82) is 0 Å². The lowest BCUT2D eigenvalue weighted by atomic mass is 10.1. The van der Waals surface area contributed by atoms with Crippen LogP contribution in [0.5, 0.6) is 0 Å². The molecule has 0 saturated heterocycles. The van der Waals surface area contributed by atoms with Gasteiger partial charge in [0, 0.05) is 5.69 Å². The predicted octanol–water partition coefficient (Wildman–Crippen LogP) is 4.00. The summed E-state index contributed by atoms with van der Waals surface area (Å²) < 4.78 is 5.33. The van der Waals surface area contributed by atoms with E-state index in [1.54, 1.807) is 0 Å². The Morgan fingerprint density at radius 1 is 1.11 bits per heavy atom. The highest BCUT2D eigenvalue weighted by Crippen LogP contribution is 2.14. The van der Waals surface area contributed by atoms with Crippen molar-refractivity contribution in [3.05, 3.63) is 29.8 Å². The fourth-order valence-corrected chi connectivity index (χ4v) is 2.22. The van der Waals surface area contributed by atoms with Gasteiger partial charge in [-0.2, -0.15) is 0 Å². The molecule has 0 amide bonds. The molecule has 19 heavy (non-hydrogen) atoms. The third kappa shape index (κ3) is 4.93. The minimum Gasteiger partial charge on any atom is -0.463 e. The quantitative estimate of drug-likeness (QED) is 0.752. The van der Waals surface area contributed by atoms with Crippen LogP contribution in [-0.2, 0) is 11.2 Å². The van der Waals surface area contributed by atoms with Crippen LogP contribution in [0.25, 0.3) is 0 Å². The molecule has 3 nitrogen and oxygen atoms in total. The maximum Gasteiger partial charge on any atom is 0.289 e. The standard InChI is InChI=1S/C16H24N2O/c1-2-3-4-5-6-7-14-8-10-15(11-9-14)18-16-17-12-13-19-16/h8-11H,2-7,12-13H2,1H3,(H,17,18). The second kappa shape index (κ2) is 7.82. The largest absolute Gasteiger partial charge is 0.463 e. The number of ether oxygens (including phenoxy) is 1. The molecule has 0 atom stereocenters. The van der Waals surface area contributed by atoms with Crippen molar-refractivity contribution in [2.24, 2.45) is 4.99 Å². The van der Waals surface area contributed by atoms with E-state index in [1.165, 1.54) is 44.1 Å². The smallest absolute Gasteiger partial charge is 0.289 e. The van der Waals surface area contributed by atoms with Crippen molar-refractivity contribution >= 4 is 11.7 Å². The van der Waals surface area contributed by atoms with Crippen molar-refractivity contribution in [1.82, 2.24) is 0 Å². The average Bonchev–Trinajstić information content (AvgIpc) is 2.93. The number of hydrogen-bond acceptors (Lipinski definition) is 3. The second-order valence-corrected chi connectivity index (χ2v) is 5.02. The Morgan fingerprint density at radius 3 is 2.58 bits per heavy atom. The molecule has 1 aromatic rings. The summed E-state index contributed by atoms with van der Waals surface area (Å²) in [6.45, 7) is 3.71. The third-order valence-corrected chi connectivity index (χ3v) is 3.36. The van der Waals surface area contributed by atoms with E-state index in [0.717, 1.165) is 12.2 Å². The Bertz CT molecular complexity index is 398. The maximum atomic E-state index is 5.33. The number of rotatable bonds is 7. The summed E-state index contributed by atoms with van der Waals surface area (Å²) in [6, 6.07) is 9.24. The van der Waals surface area contributed by atoms with E-state index in [9.17, 15) is 0 Å². The van der Waals surface area contributed by atoms with Crippen molar-refractivity contribution in [3.8, 4) is 0 Å². The van der Waals surface area contributed by atoms with Crippen molar-refractivity contribution < 1.29 is 4.74 Å². The summed E-state index contributed by atoms with van der Waals surface area (Å²) in [6.07, 6.45) is 7.87. The first-order chi connectivity index (χ1) is 9.38. The maximum absolute atomic E-state index is 5.33. The van der Waals surface area contributed by atoms with Crippen LogP contribution in [-0.4, -0.2) is 19.2 Å². The minimum absolute atomic E-state index is 0.646. The number of nitrogens with zero attached hydrogens (tertiary/aromatic N) is 1. The van der Waals surface area contributed by atoms with Gasteiger partial charge in [0.05, 0.1) is 6.54 Å². The zero-order chi connectivity index (χ0) is 13.3. The Kier molecular flexibility index (Phi) is 5.73. The summed E-state index contributed by atoms with van der Waals surface area (Å²) in [5.74, 6) is 0. The van der Waals surface area contributed by atoms with Crippen molar-refractivity contribution in [2.45, 2.75) is 45.4 Å². The van der Waals surface area contributed by atoms with Gasteiger partial charge in [-0.05, 0) is 30.5 Å². The highest BCUT2D eigenvalue weighted by atomic mass is 16.5. The molecule has 0 unspecified atom stereocenters. The Hall–Kier alpha value is -1.51. The molecule has 0 bridgehead atoms. The fourth-order valence-electron chi connectivity index (χ4n) is 2.22. The number of anilines is 1. The normalized spacial score (nSPS) is 14.1. The Labute approximate surface area is 116 Å². The molecule has 0 aliphatic carbocycles. The molecule has 1 N–H and O–H groups in total. The molecular weight excluding hydrogens is 236 g/mol. The van der Waals surface area contributed by atoms with Gasteiger partial charge in [0.25, 0.3) is 6.02 Å². The minimum atomic E-state index is 0.646. The summed E-state index contributed by atoms with van der Waals surface area (Å²) in [4.78, 5) is 4.21. The predicted molar refractivity (Wildman–Crippen MR) is 80.8 cm³/mol. The zero-order valence-electron chi connectivity index (χ0n) is 11.8. The Morgan fingerprint density at radius 2 is 1.89 bits per heavy atom. The van der Waals surface area contributed by atoms with Gasteiger partial charge >= 0.3 is 0 Å². The topological polar surface area (TPSA) is 33.6 Å². The lowest BCUT2D eigenvalue weighted by Crippen LogP contribution is -2.11. The van der Waals surface area contributed by atoms with E-state index in [-0.39, 0.29) is 0 Å². The number of aryl methyl sites for hydroxylation is 1. The number of aliphatic imine (C=N–C) groups is 1. The summed E-state index contributed by atoms with van der Waals surface area (Å²) in [5.41, 5.74) is 2.46. The molecule has 0 aromatic heterocycles. The monoisotopic (exact) mass is 260 g/mol. The van der Waals surface area contributed by atoms with Crippen molar-refractivity contribution in [3.63, 3.8) is 0 Å². The SMILES string of the molecule is CCCCCCCc1ccc(NC2=NCCO2)cc1. The van der Waals surface area contributed by atoms with Crippen LogP contribution in [0.4, 0.5) is 5.69 Å². The van der Waals surface area contributed by atoms with Gasteiger partial charge in [0.15, 0.2) is 0 Å². The van der Waals surface area contributed by atoms with Crippen LogP contribution in [0.2, 0.25) is 0 Å². The van der Waals surface area contributed by atoms with Gasteiger partial charge < -0.3 is 10.1 Å². The van der Waals surface area contributed by atoms with Crippen LogP contribution >= 0.6 is 0 Å². The molecule has 3 heteroatoms. The van der Waals surface area contributed by atoms with Gasteiger partial charge in [0.2, 0.25) is 0 Å². The van der Waals surface area contributed by atoms with Crippen LogP contribution in [0.1, 0.15) is 44.6 Å². The van der Waals surface area contributed by atoms with Gasteiger partial charge in [-0.3, -0.25) is 0 Å². The first-order valence-electron chi connectivity index (χ1n) is 7.41. The van der Waals surface area contributed by atoms with Crippen LogP contribution in [0.3, 0.4) is 0 Å². The molecule has 0 fully saturated rings. The van der Waals surface area contributed by atoms with Gasteiger partial charge in [0.1, 0.15) is 6.61 Å². The van der Waals surface area contributed by atoms with E-state index < -0.39 is 0 Å². The van der Waals surface area contributed by atoms with E-state index in [0.29, 0.717) is 12.6 Å². The second-order valence-electron chi connectivity index (χ2n) is 5.02. The molecule has 1 aliphatic rings. The lowest BCUT2D eigenvalue weighted by molar-refractivity contribution is 0.346. The van der Waals surface area contributed by atoms with E-state index in [2.05, 4.69) is 41.5 Å². The first kappa shape index (κ1) is 13.9. The summed E-state index contributed by atoms with van der Waals surface area (Å²) >= 11 is 0. The number of hydrogen-bond donors (Lipinski definition) is 1. The molecule has 0 saturated carbocycles. The van der Waals surface area contributed by atoms with Gasteiger partial charge in [-0.15, -0.1) is 0 Å². The van der Waals surface area contributed by atoms with E-state index >= 15 is 0 Å². The van der Waals surface area contributed by atoms with E-state index in [1.807, 2.05) is 0 Å². The highest BCUT2D eigenvalue weighted by molar-refractivity contribution is 5.89.